The number of ether oxygens (including phenoxy) is 2. The predicted octanol–water partition coefficient (Wildman–Crippen LogP) is 3.65. The first-order valence-corrected chi connectivity index (χ1v) is 7.96. The molecule has 126 valence electrons. The van der Waals surface area contributed by atoms with Crippen molar-refractivity contribution < 1.29 is 18.8 Å². The van der Waals surface area contributed by atoms with Gasteiger partial charge in [-0.2, -0.15) is 0 Å². The Morgan fingerprint density at radius 2 is 1.88 bits per heavy atom. The average molecular weight is 357 g/mol. The Morgan fingerprint density at radius 1 is 1.08 bits per heavy atom. The van der Waals surface area contributed by atoms with E-state index in [2.05, 4.69) is 10.5 Å². The van der Waals surface area contributed by atoms with Gasteiger partial charge >= 0.3 is 0 Å². The molecule has 1 aliphatic heterocycles. The monoisotopic (exact) mass is 356 g/mol. The van der Waals surface area contributed by atoms with Crippen molar-refractivity contribution in [3.05, 3.63) is 64.8 Å². The van der Waals surface area contributed by atoms with Gasteiger partial charge in [-0.05, 0) is 42.5 Å². The first-order valence-electron chi connectivity index (χ1n) is 7.58. The Bertz CT molecular complexity index is 921. The van der Waals surface area contributed by atoms with Gasteiger partial charge in [0.05, 0.1) is 6.54 Å². The molecule has 0 atom stereocenters. The van der Waals surface area contributed by atoms with Crippen LogP contribution in [0, 0.1) is 0 Å². The third kappa shape index (κ3) is 3.29. The SMILES string of the molecule is O=C(NCc1cc(-c2ccc(Cl)cc2)on1)c1ccc2c(c1)OCO2. The molecule has 2 heterocycles. The van der Waals surface area contributed by atoms with Crippen LogP contribution in [0.3, 0.4) is 0 Å². The molecule has 2 aromatic carbocycles. The van der Waals surface area contributed by atoms with Crippen LogP contribution in [0.4, 0.5) is 0 Å². The second kappa shape index (κ2) is 6.49. The molecule has 1 amide bonds. The second-order valence-electron chi connectivity index (χ2n) is 5.44. The number of rotatable bonds is 4. The molecule has 6 nitrogen and oxygen atoms in total. The van der Waals surface area contributed by atoms with Gasteiger partial charge in [0.25, 0.3) is 5.91 Å². The van der Waals surface area contributed by atoms with E-state index in [-0.39, 0.29) is 19.2 Å². The molecular formula is C18H13ClN2O4. The summed E-state index contributed by atoms with van der Waals surface area (Å²) in [5, 5.41) is 7.42. The molecule has 1 aliphatic rings. The van der Waals surface area contributed by atoms with Gasteiger partial charge in [-0.3, -0.25) is 4.79 Å². The van der Waals surface area contributed by atoms with E-state index in [1.807, 2.05) is 12.1 Å². The maximum absolute atomic E-state index is 12.3. The Morgan fingerprint density at radius 3 is 2.72 bits per heavy atom. The summed E-state index contributed by atoms with van der Waals surface area (Å²) < 4.78 is 15.8. The molecule has 0 unspecified atom stereocenters. The highest BCUT2D eigenvalue weighted by Gasteiger charge is 2.16. The van der Waals surface area contributed by atoms with Crippen LogP contribution in [0.5, 0.6) is 11.5 Å². The van der Waals surface area contributed by atoms with Crippen LogP contribution in [-0.4, -0.2) is 17.9 Å². The third-order valence-corrected chi connectivity index (χ3v) is 4.00. The van der Waals surface area contributed by atoms with Gasteiger partial charge in [0, 0.05) is 22.2 Å². The number of hydrogen-bond donors (Lipinski definition) is 1. The first kappa shape index (κ1) is 15.5. The van der Waals surface area contributed by atoms with E-state index >= 15 is 0 Å². The third-order valence-electron chi connectivity index (χ3n) is 3.75. The molecule has 7 heteroatoms. The predicted molar refractivity (Wildman–Crippen MR) is 90.7 cm³/mol. The fourth-order valence-electron chi connectivity index (χ4n) is 2.46. The van der Waals surface area contributed by atoms with Crippen molar-refractivity contribution in [3.8, 4) is 22.8 Å². The Labute approximate surface area is 148 Å². The van der Waals surface area contributed by atoms with E-state index < -0.39 is 0 Å². The first-order chi connectivity index (χ1) is 12.2. The van der Waals surface area contributed by atoms with E-state index in [1.165, 1.54) is 0 Å². The minimum Gasteiger partial charge on any atom is -0.454 e. The molecular weight excluding hydrogens is 344 g/mol. The number of hydrogen-bond acceptors (Lipinski definition) is 5. The number of fused-ring (bicyclic) bond motifs is 1. The lowest BCUT2D eigenvalue weighted by molar-refractivity contribution is 0.0949. The van der Waals surface area contributed by atoms with Gasteiger partial charge in [-0.15, -0.1) is 0 Å². The van der Waals surface area contributed by atoms with Gasteiger partial charge in [-0.1, -0.05) is 16.8 Å². The molecule has 3 aromatic rings. The van der Waals surface area contributed by atoms with Gasteiger partial charge in [0.2, 0.25) is 6.79 Å². The van der Waals surface area contributed by atoms with Crippen molar-refractivity contribution >= 4 is 17.5 Å². The number of benzene rings is 2. The van der Waals surface area contributed by atoms with Crippen molar-refractivity contribution in [2.75, 3.05) is 6.79 Å². The van der Waals surface area contributed by atoms with Crippen molar-refractivity contribution in [1.82, 2.24) is 10.5 Å². The molecule has 0 bridgehead atoms. The van der Waals surface area contributed by atoms with Crippen LogP contribution in [0.1, 0.15) is 16.1 Å². The molecule has 4 rings (SSSR count). The number of halogens is 1. The summed E-state index contributed by atoms with van der Waals surface area (Å²) >= 11 is 5.87. The highest BCUT2D eigenvalue weighted by atomic mass is 35.5. The zero-order chi connectivity index (χ0) is 17.2. The van der Waals surface area contributed by atoms with Crippen LogP contribution in [0.2, 0.25) is 5.02 Å². The lowest BCUT2D eigenvalue weighted by Crippen LogP contribution is -2.22. The molecule has 0 saturated carbocycles. The number of amides is 1. The quantitative estimate of drug-likeness (QED) is 0.772. The fraction of sp³-hybridized carbons (Fsp3) is 0.111. The van der Waals surface area contributed by atoms with Crippen LogP contribution in [0.25, 0.3) is 11.3 Å². The molecule has 0 spiro atoms. The minimum atomic E-state index is -0.227. The summed E-state index contributed by atoms with van der Waals surface area (Å²) in [6, 6.07) is 14.1. The summed E-state index contributed by atoms with van der Waals surface area (Å²) in [4.78, 5) is 12.3. The number of carbonyl (C=O) groups is 1. The largest absolute Gasteiger partial charge is 0.454 e. The summed E-state index contributed by atoms with van der Waals surface area (Å²) in [7, 11) is 0. The van der Waals surface area contributed by atoms with Crippen LogP contribution in [-0.2, 0) is 6.54 Å². The molecule has 0 aliphatic carbocycles. The summed E-state index contributed by atoms with van der Waals surface area (Å²) in [6.45, 7) is 0.428. The maximum Gasteiger partial charge on any atom is 0.251 e. The number of nitrogens with one attached hydrogen (secondary N) is 1. The Hall–Kier alpha value is -2.99. The molecule has 1 aromatic heterocycles. The number of aromatic nitrogens is 1. The van der Waals surface area contributed by atoms with E-state index in [1.54, 1.807) is 36.4 Å². The summed E-state index contributed by atoms with van der Waals surface area (Å²) in [5.41, 5.74) is 1.98. The molecule has 1 N–H and O–H groups in total. The van der Waals surface area contributed by atoms with Gasteiger partial charge in [0.1, 0.15) is 5.69 Å². The second-order valence-corrected chi connectivity index (χ2v) is 5.88. The van der Waals surface area contributed by atoms with Crippen molar-refractivity contribution in [1.29, 1.82) is 0 Å². The van der Waals surface area contributed by atoms with Gasteiger partial charge in [0.15, 0.2) is 17.3 Å². The topological polar surface area (TPSA) is 73.6 Å². The summed E-state index contributed by atoms with van der Waals surface area (Å²) in [6.07, 6.45) is 0. The van der Waals surface area contributed by atoms with Crippen molar-refractivity contribution in [3.63, 3.8) is 0 Å². The number of carbonyl (C=O) groups excluding carboxylic acids is 1. The van der Waals surface area contributed by atoms with E-state index in [0.717, 1.165) is 5.56 Å². The van der Waals surface area contributed by atoms with Crippen molar-refractivity contribution in [2.24, 2.45) is 0 Å². The maximum atomic E-state index is 12.3. The smallest absolute Gasteiger partial charge is 0.251 e. The lowest BCUT2D eigenvalue weighted by atomic mass is 10.1. The van der Waals surface area contributed by atoms with Crippen LogP contribution < -0.4 is 14.8 Å². The normalized spacial score (nSPS) is 12.2. The highest BCUT2D eigenvalue weighted by Crippen LogP contribution is 2.32. The summed E-state index contributed by atoms with van der Waals surface area (Å²) in [5.74, 6) is 1.60. The van der Waals surface area contributed by atoms with Crippen molar-refractivity contribution in [2.45, 2.75) is 6.54 Å². The fourth-order valence-corrected chi connectivity index (χ4v) is 2.58. The zero-order valence-electron chi connectivity index (χ0n) is 13.0. The average Bonchev–Trinajstić information content (AvgIpc) is 3.29. The Balaban J connectivity index is 1.41. The van der Waals surface area contributed by atoms with Crippen LogP contribution in [0.15, 0.2) is 53.1 Å². The minimum absolute atomic E-state index is 0.173. The molecule has 0 radical (unpaired) electrons. The van der Waals surface area contributed by atoms with E-state index in [0.29, 0.717) is 33.5 Å². The lowest BCUT2D eigenvalue weighted by Gasteiger charge is -2.04. The standard InChI is InChI=1S/C18H13ClN2O4/c19-13-4-1-11(2-5-13)16-8-14(21-25-16)9-20-18(22)12-3-6-15-17(7-12)24-10-23-15/h1-8H,9-10H2,(H,20,22). The molecule has 0 saturated heterocycles. The van der Waals surface area contributed by atoms with E-state index in [9.17, 15) is 4.79 Å². The van der Waals surface area contributed by atoms with Gasteiger partial charge < -0.3 is 19.3 Å². The van der Waals surface area contributed by atoms with E-state index in [4.69, 9.17) is 25.6 Å². The number of nitrogens with zero attached hydrogens (tertiary/aromatic N) is 1. The van der Waals surface area contributed by atoms with Gasteiger partial charge in [-0.25, -0.2) is 0 Å². The molecule has 0 fully saturated rings. The van der Waals surface area contributed by atoms with Crippen LogP contribution >= 0.6 is 11.6 Å². The molecule has 25 heavy (non-hydrogen) atoms. The Kier molecular flexibility index (Phi) is 4.03. The zero-order valence-corrected chi connectivity index (χ0v) is 13.7. The highest BCUT2D eigenvalue weighted by molar-refractivity contribution is 6.30.